The number of rotatable bonds is 9. The minimum absolute atomic E-state index is 0.240. The quantitative estimate of drug-likeness (QED) is 0.584. The van der Waals surface area contributed by atoms with Gasteiger partial charge in [0.1, 0.15) is 11.5 Å². The third kappa shape index (κ3) is 5.23. The summed E-state index contributed by atoms with van der Waals surface area (Å²) in [6, 6.07) is 15.8. The second-order valence-corrected chi connectivity index (χ2v) is 5.87. The van der Waals surface area contributed by atoms with Gasteiger partial charge in [0.05, 0.1) is 21.3 Å². The number of hydrogen-bond donors (Lipinski definition) is 2. The zero-order chi connectivity index (χ0) is 19.8. The van der Waals surface area contributed by atoms with Gasteiger partial charge >= 0.3 is 6.01 Å². The fourth-order valence-electron chi connectivity index (χ4n) is 2.45. The molecule has 2 aromatic carbocycles. The molecule has 3 aromatic rings. The van der Waals surface area contributed by atoms with E-state index in [1.54, 1.807) is 14.2 Å². The molecular weight excluding hydrogens is 358 g/mol. The second kappa shape index (κ2) is 9.40. The summed E-state index contributed by atoms with van der Waals surface area (Å²) in [6.07, 6.45) is 0. The minimum Gasteiger partial charge on any atom is -0.497 e. The number of anilines is 2. The standard InChI is InChI=1S/C20H23N5O3/c1-26-16-8-4-14(5-9-16)12-21-18-23-19(25-20(24-18)28-3)22-13-15-6-10-17(27-2)11-7-15/h4-11H,12-13H2,1-3H3,(H2,21,22,23,24,25). The molecule has 8 heteroatoms. The lowest BCUT2D eigenvalue weighted by Gasteiger charge is -2.10. The fraction of sp³-hybridized carbons (Fsp3) is 0.250. The topological polar surface area (TPSA) is 90.4 Å². The normalized spacial score (nSPS) is 10.2. The van der Waals surface area contributed by atoms with Crippen LogP contribution in [0.1, 0.15) is 11.1 Å². The van der Waals surface area contributed by atoms with Crippen molar-refractivity contribution in [3.63, 3.8) is 0 Å². The van der Waals surface area contributed by atoms with Crippen molar-refractivity contribution in [2.45, 2.75) is 13.1 Å². The van der Waals surface area contributed by atoms with Gasteiger partial charge in [-0.25, -0.2) is 0 Å². The molecule has 0 saturated carbocycles. The highest BCUT2D eigenvalue weighted by Crippen LogP contribution is 2.16. The molecule has 0 amide bonds. The molecule has 0 aliphatic carbocycles. The first kappa shape index (κ1) is 19.2. The van der Waals surface area contributed by atoms with Gasteiger partial charge in [0.15, 0.2) is 0 Å². The monoisotopic (exact) mass is 381 g/mol. The molecular formula is C20H23N5O3. The van der Waals surface area contributed by atoms with Crippen molar-refractivity contribution in [2.24, 2.45) is 0 Å². The minimum atomic E-state index is 0.240. The van der Waals surface area contributed by atoms with E-state index in [0.717, 1.165) is 22.6 Å². The Bertz CT molecular complexity index is 816. The lowest BCUT2D eigenvalue weighted by molar-refractivity contribution is 0.379. The number of aromatic nitrogens is 3. The summed E-state index contributed by atoms with van der Waals surface area (Å²) in [4.78, 5) is 12.9. The third-order valence-electron chi connectivity index (χ3n) is 4.02. The molecule has 2 N–H and O–H groups in total. The largest absolute Gasteiger partial charge is 0.497 e. The molecule has 0 aliphatic heterocycles. The van der Waals surface area contributed by atoms with Crippen LogP contribution in [-0.2, 0) is 13.1 Å². The summed E-state index contributed by atoms with van der Waals surface area (Å²) < 4.78 is 15.5. The van der Waals surface area contributed by atoms with Crippen molar-refractivity contribution in [3.8, 4) is 17.5 Å². The Morgan fingerprint density at radius 2 is 1.04 bits per heavy atom. The van der Waals surface area contributed by atoms with Gasteiger partial charge in [0.25, 0.3) is 0 Å². The summed E-state index contributed by atoms with van der Waals surface area (Å²) in [5, 5.41) is 6.37. The smallest absolute Gasteiger partial charge is 0.322 e. The van der Waals surface area contributed by atoms with E-state index in [4.69, 9.17) is 14.2 Å². The highest BCUT2D eigenvalue weighted by atomic mass is 16.5. The Labute approximate surface area is 163 Å². The average molecular weight is 381 g/mol. The zero-order valence-electron chi connectivity index (χ0n) is 16.1. The van der Waals surface area contributed by atoms with E-state index >= 15 is 0 Å². The summed E-state index contributed by atoms with van der Waals surface area (Å²) in [7, 11) is 4.81. The lowest BCUT2D eigenvalue weighted by Crippen LogP contribution is -2.10. The van der Waals surface area contributed by atoms with E-state index in [2.05, 4.69) is 25.6 Å². The number of hydrogen-bond acceptors (Lipinski definition) is 8. The number of nitrogens with zero attached hydrogens (tertiary/aromatic N) is 3. The van der Waals surface area contributed by atoms with Gasteiger partial charge in [-0.15, -0.1) is 0 Å². The third-order valence-corrected chi connectivity index (χ3v) is 4.02. The molecule has 28 heavy (non-hydrogen) atoms. The molecule has 0 bridgehead atoms. The maximum absolute atomic E-state index is 5.18. The number of methoxy groups -OCH3 is 3. The van der Waals surface area contributed by atoms with Gasteiger partial charge in [0.2, 0.25) is 11.9 Å². The van der Waals surface area contributed by atoms with Crippen LogP contribution in [0.15, 0.2) is 48.5 Å². The molecule has 3 rings (SSSR count). The van der Waals surface area contributed by atoms with Crippen LogP contribution >= 0.6 is 0 Å². The molecule has 0 radical (unpaired) electrons. The first-order valence-corrected chi connectivity index (χ1v) is 8.74. The summed E-state index contributed by atoms with van der Waals surface area (Å²) in [5.74, 6) is 2.49. The van der Waals surface area contributed by atoms with Gasteiger partial charge in [-0.3, -0.25) is 0 Å². The second-order valence-electron chi connectivity index (χ2n) is 5.87. The molecule has 8 nitrogen and oxygen atoms in total. The van der Waals surface area contributed by atoms with Crippen molar-refractivity contribution in [1.82, 2.24) is 15.0 Å². The van der Waals surface area contributed by atoms with Crippen LogP contribution in [0.2, 0.25) is 0 Å². The van der Waals surface area contributed by atoms with Crippen LogP contribution < -0.4 is 24.8 Å². The van der Waals surface area contributed by atoms with Crippen molar-refractivity contribution in [2.75, 3.05) is 32.0 Å². The first-order valence-electron chi connectivity index (χ1n) is 8.74. The van der Waals surface area contributed by atoms with Crippen LogP contribution in [0, 0.1) is 0 Å². The van der Waals surface area contributed by atoms with E-state index in [-0.39, 0.29) is 6.01 Å². The SMILES string of the molecule is COc1ccc(CNc2nc(NCc3ccc(OC)cc3)nc(OC)n2)cc1. The molecule has 0 fully saturated rings. The van der Waals surface area contributed by atoms with Gasteiger partial charge in [-0.2, -0.15) is 15.0 Å². The molecule has 1 aromatic heterocycles. The summed E-state index contributed by atoms with van der Waals surface area (Å²) in [6.45, 7) is 1.13. The van der Waals surface area contributed by atoms with Crippen LogP contribution in [0.5, 0.6) is 17.5 Å². The molecule has 0 atom stereocenters. The molecule has 0 saturated heterocycles. The van der Waals surface area contributed by atoms with E-state index in [9.17, 15) is 0 Å². The fourth-order valence-corrected chi connectivity index (χ4v) is 2.45. The number of benzene rings is 2. The van der Waals surface area contributed by atoms with Crippen molar-refractivity contribution < 1.29 is 14.2 Å². The molecule has 1 heterocycles. The highest BCUT2D eigenvalue weighted by molar-refractivity contribution is 5.38. The maximum atomic E-state index is 5.18. The van der Waals surface area contributed by atoms with Crippen LogP contribution in [0.3, 0.4) is 0 Å². The van der Waals surface area contributed by atoms with Gasteiger partial charge in [-0.1, -0.05) is 24.3 Å². The molecule has 146 valence electrons. The van der Waals surface area contributed by atoms with Crippen molar-refractivity contribution >= 4 is 11.9 Å². The summed E-state index contributed by atoms with van der Waals surface area (Å²) in [5.41, 5.74) is 2.15. The van der Waals surface area contributed by atoms with E-state index in [1.807, 2.05) is 48.5 Å². The Kier molecular flexibility index (Phi) is 6.46. The average Bonchev–Trinajstić information content (AvgIpc) is 2.76. The van der Waals surface area contributed by atoms with Crippen LogP contribution in [-0.4, -0.2) is 36.3 Å². The van der Waals surface area contributed by atoms with Crippen molar-refractivity contribution in [1.29, 1.82) is 0 Å². The van der Waals surface area contributed by atoms with Gasteiger partial charge < -0.3 is 24.8 Å². The van der Waals surface area contributed by atoms with Gasteiger partial charge in [-0.05, 0) is 35.4 Å². The van der Waals surface area contributed by atoms with Crippen LogP contribution in [0.4, 0.5) is 11.9 Å². The molecule has 0 unspecified atom stereocenters. The molecule has 0 aliphatic rings. The first-order chi connectivity index (χ1) is 13.7. The predicted octanol–water partition coefficient (Wildman–Crippen LogP) is 3.12. The predicted molar refractivity (Wildman–Crippen MR) is 107 cm³/mol. The zero-order valence-corrected chi connectivity index (χ0v) is 16.1. The Morgan fingerprint density at radius 3 is 1.39 bits per heavy atom. The Hall–Kier alpha value is -3.55. The van der Waals surface area contributed by atoms with Crippen molar-refractivity contribution in [3.05, 3.63) is 59.7 Å². The maximum Gasteiger partial charge on any atom is 0.322 e. The Morgan fingerprint density at radius 1 is 0.607 bits per heavy atom. The van der Waals surface area contributed by atoms with Gasteiger partial charge in [0, 0.05) is 13.1 Å². The number of nitrogens with one attached hydrogen (secondary N) is 2. The van der Waals surface area contributed by atoms with E-state index in [1.165, 1.54) is 7.11 Å². The van der Waals surface area contributed by atoms with E-state index < -0.39 is 0 Å². The lowest BCUT2D eigenvalue weighted by atomic mass is 10.2. The van der Waals surface area contributed by atoms with E-state index in [0.29, 0.717) is 25.0 Å². The Balaban J connectivity index is 1.64. The summed E-state index contributed by atoms with van der Waals surface area (Å²) >= 11 is 0. The van der Waals surface area contributed by atoms with Crippen LogP contribution in [0.25, 0.3) is 0 Å². The highest BCUT2D eigenvalue weighted by Gasteiger charge is 2.07. The molecule has 0 spiro atoms. The number of ether oxygens (including phenoxy) is 3.